The first-order chi connectivity index (χ1) is 8.75. The van der Waals surface area contributed by atoms with Gasteiger partial charge in [-0.3, -0.25) is 5.32 Å². The molecule has 0 saturated carbocycles. The zero-order valence-electron chi connectivity index (χ0n) is 12.1. The molecule has 1 aliphatic heterocycles. The number of hydrogen-bond donors (Lipinski definition) is 2. The van der Waals surface area contributed by atoms with Crippen molar-refractivity contribution >= 4 is 38.5 Å². The fourth-order valence-electron chi connectivity index (χ4n) is 2.65. The fraction of sp³-hybridized carbons (Fsp3) is 0.500. The lowest BCUT2D eigenvalue weighted by atomic mass is 9.91. The van der Waals surface area contributed by atoms with E-state index in [0.29, 0.717) is 6.42 Å². The molecule has 3 nitrogen and oxygen atoms in total. The highest BCUT2D eigenvalue weighted by molar-refractivity contribution is 9.10. The maximum absolute atomic E-state index is 10.8. The molecule has 0 spiro atoms. The number of benzene rings is 1. The van der Waals surface area contributed by atoms with E-state index < -0.39 is 5.72 Å². The lowest BCUT2D eigenvalue weighted by Gasteiger charge is -2.38. The minimum Gasteiger partial charge on any atom is -1.00 e. The minimum atomic E-state index is -0.902. The maximum Gasteiger partial charge on any atom is 0.313 e. The molecule has 0 saturated heterocycles. The molecule has 0 radical (unpaired) electrons. The predicted molar refractivity (Wildman–Crippen MR) is 85.0 cm³/mol. The summed E-state index contributed by atoms with van der Waals surface area (Å²) in [5.41, 5.74) is -0.0326. The van der Waals surface area contributed by atoms with Crippen LogP contribution in [0.25, 0.3) is 0 Å². The van der Waals surface area contributed by atoms with E-state index in [1.807, 2.05) is 42.0 Å². The summed E-state index contributed by atoms with van der Waals surface area (Å²) in [5, 5.41) is 15.3. The summed E-state index contributed by atoms with van der Waals surface area (Å²) in [5.74, 6) is 0. The molecule has 0 bridgehead atoms. The van der Waals surface area contributed by atoms with E-state index in [1.54, 1.807) is 11.8 Å². The standard InChI is InChI=1S/C14H19BrN2OS.HI/c1-13(2)9-14(3,18)17(12(16-13)19-4)11-7-5-10(15)6-8-11;/h5-8,18H,9H2,1-4H3;1H. The van der Waals surface area contributed by atoms with Crippen molar-refractivity contribution in [3.05, 3.63) is 28.7 Å². The number of amidine groups is 1. The van der Waals surface area contributed by atoms with E-state index in [9.17, 15) is 5.11 Å². The van der Waals surface area contributed by atoms with Crippen molar-refractivity contribution in [1.82, 2.24) is 5.32 Å². The summed E-state index contributed by atoms with van der Waals surface area (Å²) in [7, 11) is 0. The van der Waals surface area contributed by atoms with Crippen LogP contribution in [0.15, 0.2) is 28.7 Å². The van der Waals surface area contributed by atoms with Crippen LogP contribution in [0.4, 0.5) is 5.69 Å². The third kappa shape index (κ3) is 3.90. The van der Waals surface area contributed by atoms with Crippen LogP contribution in [-0.4, -0.2) is 32.4 Å². The topological polar surface area (TPSA) is 35.3 Å². The van der Waals surface area contributed by atoms with Crippen molar-refractivity contribution in [1.29, 1.82) is 0 Å². The van der Waals surface area contributed by atoms with Gasteiger partial charge in [-0.1, -0.05) is 15.9 Å². The predicted octanol–water partition coefficient (Wildman–Crippen LogP) is 0.296. The van der Waals surface area contributed by atoms with Gasteiger partial charge >= 0.3 is 5.17 Å². The summed E-state index contributed by atoms with van der Waals surface area (Å²) in [6.07, 6.45) is 2.67. The smallest absolute Gasteiger partial charge is 0.313 e. The van der Waals surface area contributed by atoms with Gasteiger partial charge in [-0.25, -0.2) is 0 Å². The Morgan fingerprint density at radius 3 is 2.30 bits per heavy atom. The second-order valence-corrected chi connectivity index (χ2v) is 7.43. The van der Waals surface area contributed by atoms with Crippen molar-refractivity contribution in [2.24, 2.45) is 0 Å². The number of hydrogen-bond acceptors (Lipinski definition) is 3. The molecule has 1 unspecified atom stereocenters. The maximum atomic E-state index is 10.8. The van der Waals surface area contributed by atoms with Crippen molar-refractivity contribution in [3.63, 3.8) is 0 Å². The van der Waals surface area contributed by atoms with Gasteiger partial charge in [0.25, 0.3) is 0 Å². The number of rotatable bonds is 1. The molecule has 1 aromatic rings. The van der Waals surface area contributed by atoms with Gasteiger partial charge in [0, 0.05) is 11.4 Å². The van der Waals surface area contributed by atoms with E-state index in [0.717, 1.165) is 15.3 Å². The third-order valence-corrected chi connectivity index (χ3v) is 4.39. The highest BCUT2D eigenvalue weighted by atomic mass is 127. The van der Waals surface area contributed by atoms with E-state index >= 15 is 0 Å². The molecule has 0 aliphatic carbocycles. The van der Waals surface area contributed by atoms with Gasteiger partial charge < -0.3 is 29.1 Å². The lowest BCUT2D eigenvalue weighted by molar-refractivity contribution is -0.596. The Labute approximate surface area is 150 Å². The SMILES string of the molecule is CSC1=[N+](c2ccc(Br)cc2)C(C)(O)CC(C)(C)N1.[I-]. The molecule has 2 N–H and O–H groups in total. The normalized spacial score (nSPS) is 24.9. The van der Waals surface area contributed by atoms with E-state index in [4.69, 9.17) is 0 Å². The average molecular weight is 471 g/mol. The molecule has 0 amide bonds. The van der Waals surface area contributed by atoms with Gasteiger partial charge in [0.2, 0.25) is 5.72 Å². The number of nitrogens with one attached hydrogen (secondary N) is 1. The van der Waals surface area contributed by atoms with Crippen LogP contribution in [-0.2, 0) is 0 Å². The van der Waals surface area contributed by atoms with Gasteiger partial charge in [-0.15, -0.1) is 0 Å². The van der Waals surface area contributed by atoms with E-state index in [-0.39, 0.29) is 29.5 Å². The van der Waals surface area contributed by atoms with Crippen LogP contribution in [0, 0.1) is 0 Å². The molecule has 1 aromatic carbocycles. The number of nitrogens with zero attached hydrogens (tertiary/aromatic N) is 1. The first-order valence-corrected chi connectivity index (χ1v) is 8.24. The summed E-state index contributed by atoms with van der Waals surface area (Å²) >= 11 is 5.06. The zero-order valence-corrected chi connectivity index (χ0v) is 16.6. The van der Waals surface area contributed by atoms with Crippen LogP contribution >= 0.6 is 27.7 Å². The zero-order chi connectivity index (χ0) is 14.3. The Morgan fingerprint density at radius 2 is 1.80 bits per heavy atom. The van der Waals surface area contributed by atoms with Gasteiger partial charge in [0.05, 0.1) is 6.42 Å². The van der Waals surface area contributed by atoms with E-state index in [1.165, 1.54) is 0 Å². The lowest BCUT2D eigenvalue weighted by Crippen LogP contribution is -3.00. The van der Waals surface area contributed by atoms with Gasteiger partial charge in [0.15, 0.2) is 0 Å². The van der Waals surface area contributed by atoms with Crippen LogP contribution in [0.3, 0.4) is 0 Å². The van der Waals surface area contributed by atoms with Crippen molar-refractivity contribution in [2.75, 3.05) is 6.26 Å². The van der Waals surface area contributed by atoms with Crippen LogP contribution in [0.2, 0.25) is 0 Å². The molecule has 1 atom stereocenters. The third-order valence-electron chi connectivity index (χ3n) is 3.19. The monoisotopic (exact) mass is 470 g/mol. The van der Waals surface area contributed by atoms with Crippen molar-refractivity contribution in [3.8, 4) is 0 Å². The fourth-order valence-corrected chi connectivity index (χ4v) is 3.78. The molecular weight excluding hydrogens is 451 g/mol. The molecule has 1 aliphatic rings. The quantitative estimate of drug-likeness (QED) is 0.457. The first kappa shape index (κ1) is 18.3. The Hall–Kier alpha value is 0.210. The molecule has 0 aromatic heterocycles. The van der Waals surface area contributed by atoms with E-state index in [2.05, 4.69) is 35.1 Å². The van der Waals surface area contributed by atoms with Crippen LogP contribution in [0.1, 0.15) is 27.2 Å². The Balaban J connectivity index is 0.00000200. The van der Waals surface area contributed by atoms with Crippen LogP contribution < -0.4 is 29.3 Å². The summed E-state index contributed by atoms with van der Waals surface area (Å²) in [6, 6.07) is 8.00. The minimum absolute atomic E-state index is 0. The Bertz CT molecular complexity index is 514. The molecule has 1 heterocycles. The highest BCUT2D eigenvalue weighted by Gasteiger charge is 2.46. The van der Waals surface area contributed by atoms with Gasteiger partial charge in [-0.05, 0) is 56.1 Å². The van der Waals surface area contributed by atoms with Crippen molar-refractivity contribution < 1.29 is 33.7 Å². The molecule has 2 rings (SSSR count). The average Bonchev–Trinajstić information content (AvgIpc) is 2.27. The number of thioether (sulfide) groups is 1. The Kier molecular flexibility index (Phi) is 5.97. The van der Waals surface area contributed by atoms with Gasteiger partial charge in [0.1, 0.15) is 11.2 Å². The Morgan fingerprint density at radius 1 is 1.25 bits per heavy atom. The molecule has 112 valence electrons. The second kappa shape index (κ2) is 6.54. The first-order valence-electron chi connectivity index (χ1n) is 6.22. The molecular formula is C14H20BrIN2OS. The molecule has 0 fully saturated rings. The van der Waals surface area contributed by atoms with Crippen LogP contribution in [0.5, 0.6) is 0 Å². The number of aliphatic hydroxyl groups is 1. The second-order valence-electron chi connectivity index (χ2n) is 5.72. The largest absolute Gasteiger partial charge is 1.00 e. The molecule has 6 heteroatoms. The molecule has 20 heavy (non-hydrogen) atoms. The number of halogens is 2. The van der Waals surface area contributed by atoms with Crippen molar-refractivity contribution in [2.45, 2.75) is 38.5 Å². The summed E-state index contributed by atoms with van der Waals surface area (Å²) < 4.78 is 3.00. The highest BCUT2D eigenvalue weighted by Crippen LogP contribution is 2.33. The summed E-state index contributed by atoms with van der Waals surface area (Å²) in [6.45, 7) is 6.08. The summed E-state index contributed by atoms with van der Waals surface area (Å²) in [4.78, 5) is 0. The van der Waals surface area contributed by atoms with Gasteiger partial charge in [-0.2, -0.15) is 4.58 Å².